The molecule has 2 aromatic rings. The summed E-state index contributed by atoms with van der Waals surface area (Å²) < 4.78 is 0. The van der Waals surface area contributed by atoms with Crippen molar-refractivity contribution >= 4 is 33.3 Å². The molecule has 4 atom stereocenters. The van der Waals surface area contributed by atoms with Gasteiger partial charge in [0.15, 0.2) is 5.82 Å². The average Bonchev–Trinajstić information content (AvgIpc) is 3.53. The lowest BCUT2D eigenvalue weighted by atomic mass is 9.34. The Morgan fingerprint density at radius 3 is 2.62 bits per heavy atom. The van der Waals surface area contributed by atoms with Crippen LogP contribution in [-0.4, -0.2) is 94.5 Å². The minimum absolute atomic E-state index is 0.0440. The summed E-state index contributed by atoms with van der Waals surface area (Å²) in [5.74, 6) is 1.70. The lowest BCUT2D eigenvalue weighted by Gasteiger charge is -2.71. The molecule has 216 valence electrons. The van der Waals surface area contributed by atoms with Crippen LogP contribution < -0.4 is 15.5 Å². The van der Waals surface area contributed by atoms with Gasteiger partial charge in [0.1, 0.15) is 0 Å². The first-order valence-electron chi connectivity index (χ1n) is 15.1. The standard InChI is InChI=1S/C29H43N9OS/c1-20-13-28-16-27(2,17-28)18-29(14-20,19-28)23(37-11-9-36(3)10-12-37)24(39)32-26-35-34-25(40-26)31-21-6-8-38(15-21)22-5-4-7-30-33-22/h4-5,7,20-21,23H,6,8-19H2,1-3H3,(H,31,34)(H,32,35,39)/t20?,21-,23-,27?,28?,29?/m1/s1. The summed E-state index contributed by atoms with van der Waals surface area (Å²) in [4.78, 5) is 21.4. The summed E-state index contributed by atoms with van der Waals surface area (Å²) in [6.07, 6.45) is 10.3. The van der Waals surface area contributed by atoms with Crippen molar-refractivity contribution in [3.8, 4) is 0 Å². The van der Waals surface area contributed by atoms with E-state index < -0.39 is 0 Å². The molecule has 1 spiro atoms. The molecule has 2 saturated heterocycles. The van der Waals surface area contributed by atoms with Crippen LogP contribution in [0.1, 0.15) is 58.8 Å². The van der Waals surface area contributed by atoms with Crippen molar-refractivity contribution in [2.45, 2.75) is 70.9 Å². The first-order valence-corrected chi connectivity index (χ1v) is 15.9. The van der Waals surface area contributed by atoms with Crippen molar-refractivity contribution < 1.29 is 4.79 Å². The van der Waals surface area contributed by atoms with Crippen LogP contribution in [0.25, 0.3) is 0 Å². The number of piperazine rings is 1. The van der Waals surface area contributed by atoms with Crippen LogP contribution in [0.5, 0.6) is 0 Å². The van der Waals surface area contributed by atoms with E-state index in [1.165, 1.54) is 43.4 Å². The number of rotatable bonds is 7. The fourth-order valence-electron chi connectivity index (χ4n) is 9.98. The van der Waals surface area contributed by atoms with Gasteiger partial charge in [-0.3, -0.25) is 15.0 Å². The van der Waals surface area contributed by atoms with Crippen molar-refractivity contribution in [2.75, 3.05) is 61.8 Å². The van der Waals surface area contributed by atoms with Crippen molar-refractivity contribution in [1.82, 2.24) is 30.2 Å². The summed E-state index contributed by atoms with van der Waals surface area (Å²) >= 11 is 1.45. The number of likely N-dealkylation sites (N-methyl/N-ethyl adjacent to an activating group) is 1. The molecule has 11 heteroatoms. The molecule has 40 heavy (non-hydrogen) atoms. The fourth-order valence-corrected chi connectivity index (χ4v) is 10.7. The highest BCUT2D eigenvalue weighted by atomic mass is 32.1. The lowest BCUT2D eigenvalue weighted by molar-refractivity contribution is -0.211. The van der Waals surface area contributed by atoms with Crippen molar-refractivity contribution in [1.29, 1.82) is 0 Å². The van der Waals surface area contributed by atoms with E-state index in [9.17, 15) is 4.79 Å². The normalized spacial score (nSPS) is 36.6. The minimum Gasteiger partial charge on any atom is -0.355 e. The first-order chi connectivity index (χ1) is 19.2. The lowest BCUT2D eigenvalue weighted by Crippen LogP contribution is -2.68. The quantitative estimate of drug-likeness (QED) is 0.522. The van der Waals surface area contributed by atoms with Crippen LogP contribution in [-0.2, 0) is 4.79 Å². The van der Waals surface area contributed by atoms with Gasteiger partial charge in [-0.05, 0) is 86.3 Å². The van der Waals surface area contributed by atoms with Crippen molar-refractivity contribution in [2.24, 2.45) is 22.2 Å². The third kappa shape index (κ3) is 4.87. The fraction of sp³-hybridized carbons (Fsp3) is 0.759. The molecular formula is C29H43N9OS. The maximum Gasteiger partial charge on any atom is 0.244 e. The summed E-state index contributed by atoms with van der Waals surface area (Å²) in [5, 5.41) is 25.2. The zero-order chi connectivity index (χ0) is 27.5. The van der Waals surface area contributed by atoms with Gasteiger partial charge in [-0.1, -0.05) is 25.2 Å². The SMILES string of the molecule is CC1CC23CC(C)(C2)CC([C@@H](C(=O)Nc2nnc(N[C@@H]4CCN(c5cccnn5)C4)s2)N2CCN(C)CC2)(C1)C3. The van der Waals surface area contributed by atoms with Gasteiger partial charge in [-0.15, -0.1) is 15.3 Å². The first kappa shape index (κ1) is 26.5. The molecule has 3 bridgehead atoms. The number of aromatic nitrogens is 4. The molecular weight excluding hydrogens is 522 g/mol. The summed E-state index contributed by atoms with van der Waals surface area (Å²) in [6.45, 7) is 10.6. The number of anilines is 3. The maximum absolute atomic E-state index is 14.3. The second-order valence-corrected chi connectivity index (χ2v) is 15.2. The average molecular weight is 566 g/mol. The number of nitrogens with zero attached hydrogens (tertiary/aromatic N) is 7. The Labute approximate surface area is 241 Å². The van der Waals surface area contributed by atoms with E-state index in [1.807, 2.05) is 12.1 Å². The van der Waals surface area contributed by atoms with E-state index in [1.54, 1.807) is 6.20 Å². The molecule has 2 N–H and O–H groups in total. The van der Waals surface area contributed by atoms with Gasteiger partial charge in [0.05, 0.1) is 6.04 Å². The van der Waals surface area contributed by atoms with Gasteiger partial charge >= 0.3 is 0 Å². The second-order valence-electron chi connectivity index (χ2n) is 14.2. The van der Waals surface area contributed by atoms with Gasteiger partial charge in [0.2, 0.25) is 16.2 Å². The molecule has 4 saturated carbocycles. The van der Waals surface area contributed by atoms with E-state index in [0.29, 0.717) is 21.9 Å². The number of hydrogen-bond acceptors (Lipinski definition) is 10. The van der Waals surface area contributed by atoms with Gasteiger partial charge in [-0.2, -0.15) is 5.10 Å². The Morgan fingerprint density at radius 2 is 1.85 bits per heavy atom. The molecule has 2 aliphatic heterocycles. The molecule has 6 fully saturated rings. The number of hydrogen-bond donors (Lipinski definition) is 2. The van der Waals surface area contributed by atoms with Crippen LogP contribution >= 0.6 is 11.3 Å². The van der Waals surface area contributed by atoms with Crippen LogP contribution in [0, 0.1) is 22.2 Å². The molecule has 4 heterocycles. The van der Waals surface area contributed by atoms with Crippen LogP contribution in [0.3, 0.4) is 0 Å². The summed E-state index contributed by atoms with van der Waals surface area (Å²) in [7, 11) is 2.19. The predicted molar refractivity (Wildman–Crippen MR) is 158 cm³/mol. The molecule has 2 aromatic heterocycles. The van der Waals surface area contributed by atoms with E-state index in [2.05, 4.69) is 66.6 Å². The topological polar surface area (TPSA) is 102 Å². The highest BCUT2D eigenvalue weighted by molar-refractivity contribution is 7.19. The minimum atomic E-state index is -0.112. The Bertz CT molecular complexity index is 1220. The zero-order valence-electron chi connectivity index (χ0n) is 24.1. The molecule has 8 rings (SSSR count). The number of carbonyl (C=O) groups excluding carboxylic acids is 1. The third-order valence-electron chi connectivity index (χ3n) is 10.4. The second kappa shape index (κ2) is 9.87. The van der Waals surface area contributed by atoms with E-state index in [-0.39, 0.29) is 23.4 Å². The highest BCUT2D eigenvalue weighted by Gasteiger charge is 2.67. The van der Waals surface area contributed by atoms with E-state index in [4.69, 9.17) is 0 Å². The molecule has 2 unspecified atom stereocenters. The number of amides is 1. The molecule has 10 nitrogen and oxygen atoms in total. The Balaban J connectivity index is 1.07. The molecule has 6 aliphatic rings. The predicted octanol–water partition coefficient (Wildman–Crippen LogP) is 3.57. The van der Waals surface area contributed by atoms with Crippen LogP contribution in [0.2, 0.25) is 0 Å². The van der Waals surface area contributed by atoms with Gasteiger partial charge in [0, 0.05) is 51.5 Å². The molecule has 1 amide bonds. The largest absolute Gasteiger partial charge is 0.355 e. The highest BCUT2D eigenvalue weighted by Crippen LogP contribution is 2.75. The van der Waals surface area contributed by atoms with Crippen molar-refractivity contribution in [3.63, 3.8) is 0 Å². The van der Waals surface area contributed by atoms with Gasteiger partial charge in [-0.25, -0.2) is 0 Å². The molecule has 0 radical (unpaired) electrons. The van der Waals surface area contributed by atoms with Gasteiger partial charge < -0.3 is 15.1 Å². The van der Waals surface area contributed by atoms with E-state index in [0.717, 1.165) is 63.1 Å². The summed E-state index contributed by atoms with van der Waals surface area (Å²) in [5.41, 5.74) is 0.891. The smallest absolute Gasteiger partial charge is 0.244 e. The van der Waals surface area contributed by atoms with Crippen molar-refractivity contribution in [3.05, 3.63) is 18.3 Å². The Morgan fingerprint density at radius 1 is 1.05 bits per heavy atom. The monoisotopic (exact) mass is 565 g/mol. The molecule has 4 aliphatic carbocycles. The third-order valence-corrected chi connectivity index (χ3v) is 11.2. The van der Waals surface area contributed by atoms with Crippen LogP contribution in [0.15, 0.2) is 18.3 Å². The zero-order valence-corrected chi connectivity index (χ0v) is 24.9. The Kier molecular flexibility index (Phi) is 6.55. The number of nitrogens with one attached hydrogen (secondary N) is 2. The maximum atomic E-state index is 14.3. The van der Waals surface area contributed by atoms with E-state index >= 15 is 0 Å². The van der Waals surface area contributed by atoms with Gasteiger partial charge in [0.25, 0.3) is 0 Å². The Hall–Kier alpha value is -2.37. The molecule has 0 aromatic carbocycles. The van der Waals surface area contributed by atoms with Crippen LogP contribution in [0.4, 0.5) is 16.1 Å². The summed E-state index contributed by atoms with van der Waals surface area (Å²) in [6, 6.07) is 4.06. The number of carbonyl (C=O) groups is 1.